The summed E-state index contributed by atoms with van der Waals surface area (Å²) in [4.78, 5) is 12.4. The minimum atomic E-state index is -0.209. The number of hydrogen-bond donors (Lipinski definition) is 1. The van der Waals surface area contributed by atoms with Crippen LogP contribution in [-0.4, -0.2) is 12.5 Å². The molecule has 1 amide bonds. The third-order valence-corrected chi connectivity index (χ3v) is 6.35. The molecule has 4 fully saturated rings. The van der Waals surface area contributed by atoms with Gasteiger partial charge in [-0.05, 0) is 85.8 Å². The van der Waals surface area contributed by atoms with E-state index in [4.69, 9.17) is 0 Å². The fourth-order valence-electron chi connectivity index (χ4n) is 5.91. The second-order valence-corrected chi connectivity index (χ2v) is 8.32. The summed E-state index contributed by atoms with van der Waals surface area (Å²) in [5, 5.41) is 3.09. The van der Waals surface area contributed by atoms with Crippen LogP contribution in [0.25, 0.3) is 0 Å². The summed E-state index contributed by atoms with van der Waals surface area (Å²) in [7, 11) is 0. The Morgan fingerprint density at radius 1 is 1.04 bits per heavy atom. The zero-order valence-electron chi connectivity index (χ0n) is 13.7. The maximum atomic E-state index is 12.9. The minimum absolute atomic E-state index is 0.209. The van der Waals surface area contributed by atoms with Gasteiger partial charge in [0.25, 0.3) is 0 Å². The van der Waals surface area contributed by atoms with E-state index < -0.39 is 0 Å². The molecular weight excluding hydrogens is 289 g/mol. The van der Waals surface area contributed by atoms with Crippen molar-refractivity contribution in [3.8, 4) is 0 Å². The highest BCUT2D eigenvalue weighted by molar-refractivity contribution is 5.76. The molecule has 2 nitrogen and oxygen atoms in total. The van der Waals surface area contributed by atoms with Crippen LogP contribution in [0.1, 0.15) is 50.5 Å². The smallest absolute Gasteiger partial charge is 0.220 e. The van der Waals surface area contributed by atoms with Crippen LogP contribution in [0.5, 0.6) is 0 Å². The molecule has 4 aliphatic carbocycles. The highest BCUT2D eigenvalue weighted by atomic mass is 19.1. The van der Waals surface area contributed by atoms with Crippen molar-refractivity contribution < 1.29 is 9.18 Å². The number of halogens is 1. The zero-order valence-corrected chi connectivity index (χ0v) is 13.7. The molecule has 0 radical (unpaired) electrons. The fraction of sp³-hybridized carbons (Fsp3) is 0.650. The molecule has 0 heterocycles. The first-order valence-corrected chi connectivity index (χ1v) is 9.11. The molecule has 4 aliphatic rings. The van der Waals surface area contributed by atoms with Crippen molar-refractivity contribution in [3.63, 3.8) is 0 Å². The summed E-state index contributed by atoms with van der Waals surface area (Å²) in [6.45, 7) is 0.650. The monoisotopic (exact) mass is 315 g/mol. The summed E-state index contributed by atoms with van der Waals surface area (Å²) in [5.41, 5.74) is 1.39. The number of amides is 1. The molecule has 0 atom stereocenters. The predicted octanol–water partition coefficient (Wildman–Crippen LogP) is 4.09. The molecular formula is C20H26FNO. The van der Waals surface area contributed by atoms with Gasteiger partial charge >= 0.3 is 0 Å². The fourth-order valence-corrected chi connectivity index (χ4v) is 5.91. The minimum Gasteiger partial charge on any atom is -0.356 e. The number of hydrogen-bond acceptors (Lipinski definition) is 1. The normalized spacial score (nSPS) is 34.6. The van der Waals surface area contributed by atoms with Gasteiger partial charge in [0.2, 0.25) is 5.91 Å². The maximum absolute atomic E-state index is 12.9. The molecule has 1 N–H and O–H groups in total. The second-order valence-electron chi connectivity index (χ2n) is 8.32. The molecule has 1 aromatic carbocycles. The Labute approximate surface area is 137 Å². The third-order valence-electron chi connectivity index (χ3n) is 6.35. The van der Waals surface area contributed by atoms with Gasteiger partial charge in [0.05, 0.1) is 0 Å². The topological polar surface area (TPSA) is 29.1 Å². The molecule has 0 aromatic heterocycles. The van der Waals surface area contributed by atoms with Crippen molar-refractivity contribution in [1.82, 2.24) is 5.32 Å². The molecule has 0 unspecified atom stereocenters. The van der Waals surface area contributed by atoms with E-state index in [-0.39, 0.29) is 11.7 Å². The van der Waals surface area contributed by atoms with Gasteiger partial charge in [-0.1, -0.05) is 12.1 Å². The van der Waals surface area contributed by atoms with Gasteiger partial charge in [0, 0.05) is 13.0 Å². The van der Waals surface area contributed by atoms with Gasteiger partial charge in [0.15, 0.2) is 0 Å². The number of carbonyl (C=O) groups is 1. The van der Waals surface area contributed by atoms with E-state index in [1.807, 2.05) is 0 Å². The molecule has 124 valence electrons. The van der Waals surface area contributed by atoms with Crippen molar-refractivity contribution in [1.29, 1.82) is 0 Å². The number of nitrogens with one attached hydrogen (secondary N) is 1. The lowest BCUT2D eigenvalue weighted by Crippen LogP contribution is -2.48. The Morgan fingerprint density at radius 2 is 1.61 bits per heavy atom. The van der Waals surface area contributed by atoms with Gasteiger partial charge in [-0.3, -0.25) is 4.79 Å². The SMILES string of the molecule is O=C(CC12CC3CC(CC(C3)C1)C2)NCCc1ccc(F)cc1. The first-order chi connectivity index (χ1) is 11.1. The van der Waals surface area contributed by atoms with E-state index in [9.17, 15) is 9.18 Å². The largest absolute Gasteiger partial charge is 0.356 e. The molecule has 5 rings (SSSR count). The van der Waals surface area contributed by atoms with Crippen LogP contribution in [-0.2, 0) is 11.2 Å². The Kier molecular flexibility index (Phi) is 3.90. The Morgan fingerprint density at radius 3 is 2.17 bits per heavy atom. The number of carbonyl (C=O) groups excluding carboxylic acids is 1. The van der Waals surface area contributed by atoms with Crippen LogP contribution in [0.4, 0.5) is 4.39 Å². The predicted molar refractivity (Wildman–Crippen MR) is 88.3 cm³/mol. The molecule has 0 saturated heterocycles. The van der Waals surface area contributed by atoms with E-state index in [0.29, 0.717) is 12.0 Å². The third kappa shape index (κ3) is 3.29. The quantitative estimate of drug-likeness (QED) is 0.871. The van der Waals surface area contributed by atoms with E-state index in [0.717, 1.165) is 36.2 Å². The molecule has 3 heteroatoms. The maximum Gasteiger partial charge on any atom is 0.220 e. The Bertz CT molecular complexity index is 545. The second kappa shape index (κ2) is 5.92. The van der Waals surface area contributed by atoms with Gasteiger partial charge in [-0.2, -0.15) is 0 Å². The molecule has 0 aliphatic heterocycles. The molecule has 0 spiro atoms. The molecule has 1 aromatic rings. The molecule has 4 saturated carbocycles. The Balaban J connectivity index is 1.28. The van der Waals surface area contributed by atoms with Gasteiger partial charge in [0.1, 0.15) is 5.82 Å². The molecule has 23 heavy (non-hydrogen) atoms. The average Bonchev–Trinajstić information content (AvgIpc) is 2.47. The zero-order chi connectivity index (χ0) is 15.9. The number of rotatable bonds is 5. The lowest BCUT2D eigenvalue weighted by molar-refractivity contribution is -0.129. The van der Waals surface area contributed by atoms with Crippen LogP contribution in [0.15, 0.2) is 24.3 Å². The summed E-state index contributed by atoms with van der Waals surface area (Å²) < 4.78 is 12.9. The Hall–Kier alpha value is -1.38. The van der Waals surface area contributed by atoms with Crippen LogP contribution in [0.3, 0.4) is 0 Å². The lowest BCUT2D eigenvalue weighted by Gasteiger charge is -2.56. The molecule has 4 bridgehead atoms. The standard InChI is InChI=1S/C20H26FNO/c21-18-3-1-14(2-4-18)5-6-22-19(23)13-20-10-15-7-16(11-20)9-17(8-15)12-20/h1-4,15-17H,5-13H2,(H,22,23). The van der Waals surface area contributed by atoms with Crippen LogP contribution in [0.2, 0.25) is 0 Å². The van der Waals surface area contributed by atoms with Gasteiger partial charge in [-0.15, -0.1) is 0 Å². The summed E-state index contributed by atoms with van der Waals surface area (Å²) in [6, 6.07) is 6.54. The van der Waals surface area contributed by atoms with Crippen molar-refractivity contribution >= 4 is 5.91 Å². The first kappa shape index (κ1) is 15.2. The van der Waals surface area contributed by atoms with E-state index >= 15 is 0 Å². The van der Waals surface area contributed by atoms with Gasteiger partial charge < -0.3 is 5.32 Å². The van der Waals surface area contributed by atoms with Crippen molar-refractivity contribution in [2.75, 3.05) is 6.54 Å². The van der Waals surface area contributed by atoms with Crippen molar-refractivity contribution in [3.05, 3.63) is 35.6 Å². The van der Waals surface area contributed by atoms with E-state index in [1.165, 1.54) is 50.7 Å². The van der Waals surface area contributed by atoms with E-state index in [2.05, 4.69) is 5.32 Å². The van der Waals surface area contributed by atoms with Crippen molar-refractivity contribution in [2.45, 2.75) is 51.4 Å². The van der Waals surface area contributed by atoms with Crippen LogP contribution >= 0.6 is 0 Å². The van der Waals surface area contributed by atoms with Crippen LogP contribution in [0, 0.1) is 29.0 Å². The highest BCUT2D eigenvalue weighted by Gasteiger charge is 2.51. The first-order valence-electron chi connectivity index (χ1n) is 9.11. The number of benzene rings is 1. The van der Waals surface area contributed by atoms with Crippen LogP contribution < -0.4 is 5.32 Å². The lowest BCUT2D eigenvalue weighted by atomic mass is 9.49. The summed E-state index contributed by atoms with van der Waals surface area (Å²) >= 11 is 0. The van der Waals surface area contributed by atoms with Crippen molar-refractivity contribution in [2.24, 2.45) is 23.2 Å². The summed E-state index contributed by atoms with van der Waals surface area (Å²) in [6.07, 6.45) is 9.61. The highest BCUT2D eigenvalue weighted by Crippen LogP contribution is 2.61. The van der Waals surface area contributed by atoms with Gasteiger partial charge in [-0.25, -0.2) is 4.39 Å². The van der Waals surface area contributed by atoms with E-state index in [1.54, 1.807) is 12.1 Å². The average molecular weight is 315 g/mol. The summed E-state index contributed by atoms with van der Waals surface area (Å²) in [5.74, 6) is 2.70.